The molecule has 2 rings (SSSR count). The largest absolute Gasteiger partial charge is 0.310 e. The normalized spacial score (nSPS) is 12.6. The molecule has 0 bridgehead atoms. The summed E-state index contributed by atoms with van der Waals surface area (Å²) in [7, 11) is 0. The fraction of sp³-hybridized carbons (Fsp3) is 0.500. The van der Waals surface area contributed by atoms with E-state index in [1.807, 2.05) is 6.20 Å². The number of nitrogens with zero attached hydrogens (tertiary/aromatic N) is 2. The van der Waals surface area contributed by atoms with E-state index in [0.717, 1.165) is 25.9 Å². The van der Waals surface area contributed by atoms with Gasteiger partial charge in [-0.3, -0.25) is 4.68 Å². The van der Waals surface area contributed by atoms with Crippen molar-refractivity contribution in [2.75, 3.05) is 6.54 Å². The Morgan fingerprint density at radius 3 is 2.52 bits per heavy atom. The molecule has 0 saturated carbocycles. The van der Waals surface area contributed by atoms with E-state index in [1.165, 1.54) is 22.3 Å². The van der Waals surface area contributed by atoms with Crippen LogP contribution in [0.4, 0.5) is 0 Å². The van der Waals surface area contributed by atoms with Crippen LogP contribution in [0.5, 0.6) is 0 Å². The number of aryl methyl sites for hydroxylation is 2. The lowest BCUT2D eigenvalue weighted by Crippen LogP contribution is -2.21. The number of nitrogens with one attached hydrogen (secondary N) is 1. The zero-order chi connectivity index (χ0) is 15.2. The van der Waals surface area contributed by atoms with Crippen molar-refractivity contribution < 1.29 is 0 Å². The molecule has 1 N–H and O–H groups in total. The average Bonchev–Trinajstić information content (AvgIpc) is 2.92. The van der Waals surface area contributed by atoms with Crippen LogP contribution >= 0.6 is 0 Å². The molecule has 1 heterocycles. The van der Waals surface area contributed by atoms with Crippen LogP contribution in [-0.4, -0.2) is 16.3 Å². The highest BCUT2D eigenvalue weighted by atomic mass is 15.3. The molecule has 1 unspecified atom stereocenters. The fourth-order valence-electron chi connectivity index (χ4n) is 2.72. The topological polar surface area (TPSA) is 29.9 Å². The van der Waals surface area contributed by atoms with Gasteiger partial charge in [-0.05, 0) is 49.9 Å². The zero-order valence-corrected chi connectivity index (χ0v) is 13.7. The van der Waals surface area contributed by atoms with Gasteiger partial charge in [0, 0.05) is 17.8 Å². The van der Waals surface area contributed by atoms with Crippen molar-refractivity contribution in [1.29, 1.82) is 0 Å². The second kappa shape index (κ2) is 7.41. The Morgan fingerprint density at radius 2 is 1.90 bits per heavy atom. The van der Waals surface area contributed by atoms with Crippen LogP contribution < -0.4 is 5.32 Å². The van der Waals surface area contributed by atoms with Crippen molar-refractivity contribution in [2.45, 2.75) is 53.1 Å². The van der Waals surface area contributed by atoms with Crippen LogP contribution in [0.25, 0.3) is 0 Å². The Bertz CT molecular complexity index is 551. The van der Waals surface area contributed by atoms with E-state index in [-0.39, 0.29) is 0 Å². The van der Waals surface area contributed by atoms with Gasteiger partial charge in [-0.15, -0.1) is 0 Å². The summed E-state index contributed by atoms with van der Waals surface area (Å²) in [5, 5.41) is 8.13. The number of rotatable bonds is 7. The molecule has 0 saturated heterocycles. The van der Waals surface area contributed by atoms with E-state index in [4.69, 9.17) is 0 Å². The molecule has 1 aromatic heterocycles. The molecule has 1 atom stereocenters. The van der Waals surface area contributed by atoms with Gasteiger partial charge in [0.1, 0.15) is 0 Å². The monoisotopic (exact) mass is 285 g/mol. The smallest absolute Gasteiger partial charge is 0.0664 e. The van der Waals surface area contributed by atoms with Crippen molar-refractivity contribution in [2.24, 2.45) is 0 Å². The Labute approximate surface area is 128 Å². The van der Waals surface area contributed by atoms with Gasteiger partial charge in [0.15, 0.2) is 0 Å². The number of benzene rings is 1. The van der Waals surface area contributed by atoms with Crippen LogP contribution in [0.15, 0.2) is 30.6 Å². The molecule has 0 aliphatic carbocycles. The highest BCUT2D eigenvalue weighted by Gasteiger charge is 2.11. The number of aromatic nitrogens is 2. The molecule has 0 radical (unpaired) electrons. The molecule has 0 amide bonds. The van der Waals surface area contributed by atoms with E-state index >= 15 is 0 Å². The molecule has 0 aliphatic rings. The summed E-state index contributed by atoms with van der Waals surface area (Å²) in [6, 6.07) is 6.87. The van der Waals surface area contributed by atoms with Crippen molar-refractivity contribution in [3.63, 3.8) is 0 Å². The maximum atomic E-state index is 4.55. The minimum Gasteiger partial charge on any atom is -0.310 e. The summed E-state index contributed by atoms with van der Waals surface area (Å²) in [5.74, 6) is 0. The summed E-state index contributed by atoms with van der Waals surface area (Å²) in [6.45, 7) is 10.7. The van der Waals surface area contributed by atoms with E-state index in [0.29, 0.717) is 6.04 Å². The van der Waals surface area contributed by atoms with Crippen molar-refractivity contribution in [3.8, 4) is 0 Å². The molecule has 114 valence electrons. The molecule has 21 heavy (non-hydrogen) atoms. The first-order valence-corrected chi connectivity index (χ1v) is 7.96. The Hall–Kier alpha value is -1.61. The van der Waals surface area contributed by atoms with Crippen molar-refractivity contribution in [3.05, 3.63) is 52.8 Å². The third-order valence-corrected chi connectivity index (χ3v) is 4.07. The maximum absolute atomic E-state index is 4.55. The summed E-state index contributed by atoms with van der Waals surface area (Å²) in [6.07, 6.45) is 6.44. The number of hydrogen-bond acceptors (Lipinski definition) is 2. The van der Waals surface area contributed by atoms with Gasteiger partial charge in [0.05, 0.1) is 12.7 Å². The molecule has 0 spiro atoms. The molecular formula is C18H27N3. The lowest BCUT2D eigenvalue weighted by Gasteiger charge is -2.14. The maximum Gasteiger partial charge on any atom is 0.0664 e. The van der Waals surface area contributed by atoms with Crippen LogP contribution in [-0.2, 0) is 6.54 Å². The van der Waals surface area contributed by atoms with Gasteiger partial charge in [-0.1, -0.05) is 32.0 Å². The summed E-state index contributed by atoms with van der Waals surface area (Å²) < 4.78 is 2.06. The minimum absolute atomic E-state index is 0.414. The summed E-state index contributed by atoms with van der Waals surface area (Å²) in [4.78, 5) is 0. The van der Waals surface area contributed by atoms with Crippen LogP contribution in [0, 0.1) is 13.8 Å². The predicted octanol–water partition coefficient (Wildman–Crippen LogP) is 4.00. The lowest BCUT2D eigenvalue weighted by atomic mass is 10.0. The highest BCUT2D eigenvalue weighted by Crippen LogP contribution is 2.18. The lowest BCUT2D eigenvalue weighted by molar-refractivity contribution is 0.517. The summed E-state index contributed by atoms with van der Waals surface area (Å²) >= 11 is 0. The predicted molar refractivity (Wildman–Crippen MR) is 88.6 cm³/mol. The Balaban J connectivity index is 2.12. The number of hydrogen-bond donors (Lipinski definition) is 1. The van der Waals surface area contributed by atoms with Gasteiger partial charge in [-0.25, -0.2) is 0 Å². The van der Waals surface area contributed by atoms with Gasteiger partial charge >= 0.3 is 0 Å². The molecule has 0 fully saturated rings. The van der Waals surface area contributed by atoms with Gasteiger partial charge < -0.3 is 5.32 Å². The average molecular weight is 285 g/mol. The molecular weight excluding hydrogens is 258 g/mol. The van der Waals surface area contributed by atoms with Crippen LogP contribution in [0.1, 0.15) is 55.0 Å². The molecule has 1 aromatic carbocycles. The van der Waals surface area contributed by atoms with Crippen LogP contribution in [0.3, 0.4) is 0 Å². The fourth-order valence-corrected chi connectivity index (χ4v) is 2.72. The van der Waals surface area contributed by atoms with Crippen molar-refractivity contribution >= 4 is 0 Å². The van der Waals surface area contributed by atoms with E-state index in [1.54, 1.807) is 0 Å². The van der Waals surface area contributed by atoms with Gasteiger partial charge in [-0.2, -0.15) is 5.10 Å². The van der Waals surface area contributed by atoms with E-state index in [2.05, 4.69) is 67.2 Å². The first-order chi connectivity index (χ1) is 10.2. The second-order valence-corrected chi connectivity index (χ2v) is 5.76. The van der Waals surface area contributed by atoms with E-state index < -0.39 is 0 Å². The Kier molecular flexibility index (Phi) is 5.57. The minimum atomic E-state index is 0.414. The molecule has 2 aromatic rings. The van der Waals surface area contributed by atoms with Gasteiger partial charge in [0.2, 0.25) is 0 Å². The standard InChI is InChI=1S/C18H27N3/c1-5-10-19-18(6-2)16-11-20-21(12-16)13-17-14(3)8-7-9-15(17)4/h7-9,11-12,18-19H,5-6,10,13H2,1-4H3. The zero-order valence-electron chi connectivity index (χ0n) is 13.7. The highest BCUT2D eigenvalue weighted by molar-refractivity contribution is 5.33. The quantitative estimate of drug-likeness (QED) is 0.833. The molecule has 3 nitrogen and oxygen atoms in total. The third kappa shape index (κ3) is 3.94. The molecule has 0 aliphatic heterocycles. The first-order valence-electron chi connectivity index (χ1n) is 7.96. The van der Waals surface area contributed by atoms with Crippen molar-refractivity contribution in [1.82, 2.24) is 15.1 Å². The molecule has 3 heteroatoms. The third-order valence-electron chi connectivity index (χ3n) is 4.07. The summed E-state index contributed by atoms with van der Waals surface area (Å²) in [5.41, 5.74) is 5.34. The van der Waals surface area contributed by atoms with Gasteiger partial charge in [0.25, 0.3) is 0 Å². The van der Waals surface area contributed by atoms with E-state index in [9.17, 15) is 0 Å². The second-order valence-electron chi connectivity index (χ2n) is 5.76. The SMILES string of the molecule is CCCNC(CC)c1cnn(Cc2c(C)cccc2C)c1. The first kappa shape index (κ1) is 15.8. The van der Waals surface area contributed by atoms with Crippen LogP contribution in [0.2, 0.25) is 0 Å². The Morgan fingerprint density at radius 1 is 1.19 bits per heavy atom.